The predicted molar refractivity (Wildman–Crippen MR) is 125 cm³/mol. The molecular formula is C23H30Cl2F2N4O2. The van der Waals surface area contributed by atoms with Gasteiger partial charge in [0.2, 0.25) is 11.8 Å². The normalized spacial score (nSPS) is 22.5. The number of amides is 1. The van der Waals surface area contributed by atoms with E-state index >= 15 is 0 Å². The van der Waals surface area contributed by atoms with E-state index in [-0.39, 0.29) is 48.2 Å². The number of nitrogens with two attached hydrogens (primary N) is 1. The lowest BCUT2D eigenvalue weighted by atomic mass is 10.1. The van der Waals surface area contributed by atoms with Gasteiger partial charge in [-0.15, -0.1) is 24.8 Å². The van der Waals surface area contributed by atoms with Gasteiger partial charge >= 0.3 is 0 Å². The third kappa shape index (κ3) is 5.67. The molecule has 33 heavy (non-hydrogen) atoms. The summed E-state index contributed by atoms with van der Waals surface area (Å²) in [5, 5.41) is 0. The standard InChI is InChI=1S/C23H28F2N4O2.2ClH/c24-16-7-15(8-17(25)9-16)23-27-20-13-28(6-5-21(20)31-23)22(30)10-18-3-4-19(11-26)29(18)12-14-1-2-14;;/h7-9,14,18-19H,1-6,10-13,26H2;2*1H/t18-,19+;;/m0../s1. The van der Waals surface area contributed by atoms with Crippen LogP contribution in [0.25, 0.3) is 11.5 Å². The number of carbonyl (C=O) groups excluding carboxylic acids is 1. The predicted octanol–water partition coefficient (Wildman–Crippen LogP) is 3.94. The second-order valence-electron chi connectivity index (χ2n) is 9.08. The van der Waals surface area contributed by atoms with Gasteiger partial charge in [-0.05, 0) is 43.7 Å². The molecule has 1 amide bonds. The van der Waals surface area contributed by atoms with Gasteiger partial charge in [0.15, 0.2) is 0 Å². The molecule has 3 heterocycles. The number of aromatic nitrogens is 1. The second-order valence-corrected chi connectivity index (χ2v) is 9.08. The number of rotatable bonds is 6. The Balaban J connectivity index is 0.00000153. The zero-order chi connectivity index (χ0) is 21.5. The summed E-state index contributed by atoms with van der Waals surface area (Å²) in [6, 6.07) is 3.86. The molecule has 1 saturated heterocycles. The highest BCUT2D eigenvalue weighted by Gasteiger charge is 2.38. The van der Waals surface area contributed by atoms with E-state index in [1.807, 2.05) is 4.90 Å². The van der Waals surface area contributed by atoms with E-state index in [2.05, 4.69) is 9.88 Å². The van der Waals surface area contributed by atoms with Crippen LogP contribution in [0, 0.1) is 17.6 Å². The van der Waals surface area contributed by atoms with Crippen molar-refractivity contribution < 1.29 is 18.0 Å². The molecule has 0 radical (unpaired) electrons. The van der Waals surface area contributed by atoms with Gasteiger partial charge in [-0.25, -0.2) is 13.8 Å². The molecule has 0 spiro atoms. The molecular weight excluding hydrogens is 473 g/mol. The fourth-order valence-electron chi connectivity index (χ4n) is 4.93. The van der Waals surface area contributed by atoms with Crippen molar-refractivity contribution in [2.75, 3.05) is 19.6 Å². The lowest BCUT2D eigenvalue weighted by Crippen LogP contribution is -2.44. The SMILES string of the molecule is Cl.Cl.NC[C@H]1CC[C@@H](CC(=O)N2CCc3oc(-c4cc(F)cc(F)c4)nc3C2)N1CC1CC1. The first-order chi connectivity index (χ1) is 15.0. The van der Waals surface area contributed by atoms with Gasteiger partial charge in [-0.3, -0.25) is 9.69 Å². The van der Waals surface area contributed by atoms with Crippen LogP contribution in [0.2, 0.25) is 0 Å². The first-order valence-corrected chi connectivity index (χ1v) is 11.2. The minimum atomic E-state index is -0.675. The quantitative estimate of drug-likeness (QED) is 0.647. The van der Waals surface area contributed by atoms with E-state index in [0.717, 1.165) is 31.4 Å². The Morgan fingerprint density at radius 1 is 1.09 bits per heavy atom. The number of carbonyl (C=O) groups is 1. The molecule has 3 aliphatic rings. The molecule has 0 unspecified atom stereocenters. The second kappa shape index (κ2) is 10.7. The van der Waals surface area contributed by atoms with Crippen LogP contribution in [0.4, 0.5) is 8.78 Å². The summed E-state index contributed by atoms with van der Waals surface area (Å²) < 4.78 is 32.9. The van der Waals surface area contributed by atoms with Crippen molar-refractivity contribution in [2.45, 2.75) is 57.2 Å². The molecule has 2 fully saturated rings. The highest BCUT2D eigenvalue weighted by molar-refractivity contribution is 5.85. The Morgan fingerprint density at radius 2 is 1.79 bits per heavy atom. The van der Waals surface area contributed by atoms with E-state index in [1.165, 1.54) is 25.0 Å². The van der Waals surface area contributed by atoms with Gasteiger partial charge in [0.1, 0.15) is 23.1 Å². The Hall–Kier alpha value is -1.74. The van der Waals surface area contributed by atoms with Gasteiger partial charge in [0, 0.05) is 56.2 Å². The van der Waals surface area contributed by atoms with Gasteiger partial charge in [-0.2, -0.15) is 0 Å². The molecule has 0 bridgehead atoms. The summed E-state index contributed by atoms with van der Waals surface area (Å²) in [7, 11) is 0. The number of hydrogen-bond acceptors (Lipinski definition) is 5. The number of benzene rings is 1. The molecule has 182 valence electrons. The van der Waals surface area contributed by atoms with Crippen molar-refractivity contribution in [3.05, 3.63) is 41.3 Å². The first-order valence-electron chi connectivity index (χ1n) is 11.2. The largest absolute Gasteiger partial charge is 0.441 e. The van der Waals surface area contributed by atoms with Gasteiger partial charge in [-0.1, -0.05) is 0 Å². The summed E-state index contributed by atoms with van der Waals surface area (Å²) in [5.74, 6) is 0.411. The maximum absolute atomic E-state index is 13.6. The Morgan fingerprint density at radius 3 is 2.45 bits per heavy atom. The summed E-state index contributed by atoms with van der Waals surface area (Å²) >= 11 is 0. The van der Waals surface area contributed by atoms with Crippen LogP contribution in [-0.4, -0.2) is 52.4 Å². The summed E-state index contributed by atoms with van der Waals surface area (Å²) in [4.78, 5) is 21.8. The number of hydrogen-bond donors (Lipinski definition) is 1. The molecule has 1 saturated carbocycles. The van der Waals surface area contributed by atoms with Gasteiger partial charge in [0.25, 0.3) is 0 Å². The average molecular weight is 503 g/mol. The summed E-state index contributed by atoms with van der Waals surface area (Å²) in [6.45, 7) is 2.63. The zero-order valence-corrected chi connectivity index (χ0v) is 20.0. The minimum absolute atomic E-state index is 0. The topological polar surface area (TPSA) is 75.6 Å². The Bertz CT molecular complexity index is 965. The smallest absolute Gasteiger partial charge is 0.226 e. The van der Waals surface area contributed by atoms with Crippen molar-refractivity contribution in [2.24, 2.45) is 11.7 Å². The number of fused-ring (bicyclic) bond motifs is 1. The molecule has 1 aliphatic carbocycles. The number of nitrogens with zero attached hydrogens (tertiary/aromatic N) is 3. The third-order valence-corrected chi connectivity index (χ3v) is 6.81. The van der Waals surface area contributed by atoms with Crippen molar-refractivity contribution in [1.29, 1.82) is 0 Å². The molecule has 1 aromatic carbocycles. The lowest BCUT2D eigenvalue weighted by molar-refractivity contribution is -0.133. The zero-order valence-electron chi connectivity index (χ0n) is 18.3. The van der Waals surface area contributed by atoms with Crippen LogP contribution in [0.15, 0.2) is 22.6 Å². The van der Waals surface area contributed by atoms with Crippen molar-refractivity contribution in [3.8, 4) is 11.5 Å². The number of halogens is 4. The fourth-order valence-corrected chi connectivity index (χ4v) is 4.93. The number of oxazole rings is 1. The molecule has 10 heteroatoms. The maximum Gasteiger partial charge on any atom is 0.226 e. The van der Waals surface area contributed by atoms with E-state index in [1.54, 1.807) is 0 Å². The fraction of sp³-hybridized carbons (Fsp3) is 0.565. The van der Waals surface area contributed by atoms with E-state index < -0.39 is 11.6 Å². The third-order valence-electron chi connectivity index (χ3n) is 6.81. The summed E-state index contributed by atoms with van der Waals surface area (Å²) in [6.07, 6.45) is 5.69. The molecule has 5 rings (SSSR count). The van der Waals surface area contributed by atoms with Crippen molar-refractivity contribution >= 4 is 30.7 Å². The maximum atomic E-state index is 13.6. The number of likely N-dealkylation sites (tertiary alicyclic amines) is 1. The Kier molecular flexibility index (Phi) is 8.37. The van der Waals surface area contributed by atoms with Crippen LogP contribution in [0.5, 0.6) is 0 Å². The van der Waals surface area contributed by atoms with Crippen molar-refractivity contribution in [1.82, 2.24) is 14.8 Å². The van der Waals surface area contributed by atoms with Crippen LogP contribution in [0.3, 0.4) is 0 Å². The van der Waals surface area contributed by atoms with E-state index in [4.69, 9.17) is 10.2 Å². The Labute approximate surface area is 204 Å². The highest BCUT2D eigenvalue weighted by atomic mass is 35.5. The molecule has 2 atom stereocenters. The minimum Gasteiger partial charge on any atom is -0.441 e. The molecule has 2 N–H and O–H groups in total. The van der Waals surface area contributed by atoms with Crippen LogP contribution >= 0.6 is 24.8 Å². The monoisotopic (exact) mass is 502 g/mol. The van der Waals surface area contributed by atoms with Crippen molar-refractivity contribution in [3.63, 3.8) is 0 Å². The summed E-state index contributed by atoms with van der Waals surface area (Å²) in [5.41, 5.74) is 6.91. The van der Waals surface area contributed by atoms with Crippen LogP contribution < -0.4 is 5.73 Å². The van der Waals surface area contributed by atoms with E-state index in [0.29, 0.717) is 50.0 Å². The van der Waals surface area contributed by atoms with E-state index in [9.17, 15) is 13.6 Å². The van der Waals surface area contributed by atoms with Gasteiger partial charge < -0.3 is 15.1 Å². The molecule has 6 nitrogen and oxygen atoms in total. The van der Waals surface area contributed by atoms with Gasteiger partial charge in [0.05, 0.1) is 6.54 Å². The molecule has 2 aliphatic heterocycles. The lowest BCUT2D eigenvalue weighted by Gasteiger charge is -2.32. The molecule has 2 aromatic rings. The van der Waals surface area contributed by atoms with Crippen LogP contribution in [0.1, 0.15) is 43.6 Å². The van der Waals surface area contributed by atoms with Crippen LogP contribution in [-0.2, 0) is 17.8 Å². The first kappa shape index (κ1) is 25.9. The average Bonchev–Trinajstić information content (AvgIpc) is 3.33. The highest BCUT2D eigenvalue weighted by Crippen LogP contribution is 2.35. The molecule has 1 aromatic heterocycles.